The minimum atomic E-state index is 0.335. The van der Waals surface area contributed by atoms with Crippen molar-refractivity contribution in [2.24, 2.45) is 5.92 Å². The number of nitrogens with one attached hydrogen (secondary N) is 1. The molecule has 68 valence electrons. The third-order valence-electron chi connectivity index (χ3n) is 2.76. The molecule has 2 rings (SSSR count). The summed E-state index contributed by atoms with van der Waals surface area (Å²) in [6, 6.07) is 0. The maximum absolute atomic E-state index is 11.5. The Hall–Kier alpha value is -0.570. The molecule has 0 spiro atoms. The molecule has 2 atom stereocenters. The molecule has 2 saturated heterocycles. The minimum Gasteiger partial charge on any atom is -0.327 e. The van der Waals surface area contributed by atoms with Crippen LogP contribution in [0.4, 0.5) is 0 Å². The van der Waals surface area contributed by atoms with Crippen molar-refractivity contribution in [2.75, 3.05) is 13.1 Å². The van der Waals surface area contributed by atoms with Crippen LogP contribution < -0.4 is 5.32 Å². The van der Waals surface area contributed by atoms with Gasteiger partial charge in [0.1, 0.15) is 0 Å². The average molecular weight is 168 g/mol. The monoisotopic (exact) mass is 168 g/mol. The number of hydrogen-bond donors (Lipinski definition) is 1. The molecule has 2 unspecified atom stereocenters. The van der Waals surface area contributed by atoms with Crippen molar-refractivity contribution >= 4 is 5.91 Å². The fraction of sp³-hybridized carbons (Fsp3) is 0.889. The second kappa shape index (κ2) is 3.05. The Morgan fingerprint density at radius 1 is 1.58 bits per heavy atom. The Morgan fingerprint density at radius 2 is 2.42 bits per heavy atom. The smallest absolute Gasteiger partial charge is 0.224 e. The van der Waals surface area contributed by atoms with Gasteiger partial charge in [-0.15, -0.1) is 0 Å². The van der Waals surface area contributed by atoms with Crippen LogP contribution in [-0.4, -0.2) is 30.1 Å². The molecule has 3 heteroatoms. The molecule has 2 aliphatic heterocycles. The number of rotatable bonds is 1. The molecule has 0 radical (unpaired) electrons. The molecule has 1 amide bonds. The van der Waals surface area contributed by atoms with Gasteiger partial charge in [-0.05, 0) is 25.3 Å². The zero-order valence-corrected chi connectivity index (χ0v) is 7.55. The van der Waals surface area contributed by atoms with Crippen molar-refractivity contribution in [1.82, 2.24) is 10.2 Å². The molecule has 0 bridgehead atoms. The Kier molecular flexibility index (Phi) is 2.05. The number of amides is 1. The van der Waals surface area contributed by atoms with Crippen molar-refractivity contribution in [1.29, 1.82) is 0 Å². The summed E-state index contributed by atoms with van der Waals surface area (Å²) in [4.78, 5) is 13.5. The van der Waals surface area contributed by atoms with Crippen molar-refractivity contribution < 1.29 is 4.79 Å². The van der Waals surface area contributed by atoms with E-state index in [1.54, 1.807) is 0 Å². The van der Waals surface area contributed by atoms with E-state index in [0.717, 1.165) is 25.9 Å². The van der Waals surface area contributed by atoms with Crippen LogP contribution in [-0.2, 0) is 4.79 Å². The van der Waals surface area contributed by atoms with E-state index in [2.05, 4.69) is 12.2 Å². The van der Waals surface area contributed by atoms with Gasteiger partial charge in [-0.2, -0.15) is 0 Å². The first-order valence-corrected chi connectivity index (χ1v) is 4.80. The van der Waals surface area contributed by atoms with E-state index in [9.17, 15) is 4.79 Å². The first kappa shape index (κ1) is 8.05. The van der Waals surface area contributed by atoms with E-state index in [1.807, 2.05) is 4.90 Å². The Labute approximate surface area is 73.1 Å². The normalized spacial score (nSPS) is 36.4. The number of carbonyl (C=O) groups is 1. The summed E-state index contributed by atoms with van der Waals surface area (Å²) in [5.41, 5.74) is 0. The molecule has 1 N–H and O–H groups in total. The van der Waals surface area contributed by atoms with Gasteiger partial charge < -0.3 is 4.90 Å². The first-order chi connectivity index (χ1) is 5.77. The molecule has 2 fully saturated rings. The number of likely N-dealkylation sites (tertiary alicyclic amines) is 1. The number of nitrogens with zero attached hydrogens (tertiary/aromatic N) is 1. The molecule has 12 heavy (non-hydrogen) atoms. The highest BCUT2D eigenvalue weighted by Crippen LogP contribution is 2.22. The van der Waals surface area contributed by atoms with Gasteiger partial charge in [0.2, 0.25) is 5.91 Å². The lowest BCUT2D eigenvalue weighted by atomic mass is 10.2. The van der Waals surface area contributed by atoms with Gasteiger partial charge in [-0.1, -0.05) is 6.92 Å². The van der Waals surface area contributed by atoms with Crippen molar-refractivity contribution in [2.45, 2.75) is 32.4 Å². The van der Waals surface area contributed by atoms with Gasteiger partial charge in [0, 0.05) is 13.0 Å². The fourth-order valence-electron chi connectivity index (χ4n) is 2.15. The lowest BCUT2D eigenvalue weighted by Crippen LogP contribution is -2.42. The summed E-state index contributed by atoms with van der Waals surface area (Å²) in [5, 5.41) is 3.35. The Bertz CT molecular complexity index is 187. The highest BCUT2D eigenvalue weighted by Gasteiger charge is 2.32. The molecule has 2 aliphatic rings. The summed E-state index contributed by atoms with van der Waals surface area (Å²) in [7, 11) is 0. The second-order valence-corrected chi connectivity index (χ2v) is 3.97. The summed E-state index contributed by atoms with van der Waals surface area (Å²) in [6.07, 6.45) is 3.45. The molecule has 0 aromatic rings. The van der Waals surface area contributed by atoms with Crippen LogP contribution in [0.5, 0.6) is 0 Å². The van der Waals surface area contributed by atoms with Crippen LogP contribution in [0.25, 0.3) is 0 Å². The zero-order valence-electron chi connectivity index (χ0n) is 7.55. The van der Waals surface area contributed by atoms with E-state index in [4.69, 9.17) is 0 Å². The maximum Gasteiger partial charge on any atom is 0.224 e. The van der Waals surface area contributed by atoms with Crippen LogP contribution in [0.15, 0.2) is 0 Å². The largest absolute Gasteiger partial charge is 0.327 e. The predicted molar refractivity (Wildman–Crippen MR) is 46.5 cm³/mol. The molecule has 2 heterocycles. The van der Waals surface area contributed by atoms with E-state index in [-0.39, 0.29) is 0 Å². The molecule has 0 aromatic carbocycles. The van der Waals surface area contributed by atoms with Crippen LogP contribution in [0.3, 0.4) is 0 Å². The maximum atomic E-state index is 11.5. The molecule has 0 saturated carbocycles. The van der Waals surface area contributed by atoms with E-state index in [1.165, 1.54) is 6.42 Å². The average Bonchev–Trinajstić information content (AvgIpc) is 2.58. The van der Waals surface area contributed by atoms with E-state index >= 15 is 0 Å². The Morgan fingerprint density at radius 3 is 2.92 bits per heavy atom. The minimum absolute atomic E-state index is 0.335. The first-order valence-electron chi connectivity index (χ1n) is 4.80. The van der Waals surface area contributed by atoms with Gasteiger partial charge in [0.05, 0.1) is 6.17 Å². The van der Waals surface area contributed by atoms with E-state index < -0.39 is 0 Å². The summed E-state index contributed by atoms with van der Waals surface area (Å²) < 4.78 is 0. The van der Waals surface area contributed by atoms with Gasteiger partial charge in [-0.3, -0.25) is 10.1 Å². The van der Waals surface area contributed by atoms with E-state index in [0.29, 0.717) is 18.0 Å². The van der Waals surface area contributed by atoms with Crippen LogP contribution in [0, 0.1) is 5.92 Å². The topological polar surface area (TPSA) is 32.3 Å². The molecule has 0 aliphatic carbocycles. The summed E-state index contributed by atoms with van der Waals surface area (Å²) in [6.45, 7) is 4.17. The van der Waals surface area contributed by atoms with Gasteiger partial charge in [0.25, 0.3) is 0 Å². The number of carbonyl (C=O) groups excluding carboxylic acids is 1. The van der Waals surface area contributed by atoms with Gasteiger partial charge in [-0.25, -0.2) is 0 Å². The molecular weight excluding hydrogens is 152 g/mol. The highest BCUT2D eigenvalue weighted by molar-refractivity contribution is 5.78. The standard InChI is InChI=1S/C9H16N2O/c1-7-5-9(12)11(6-7)8-3-2-4-10-8/h7-8,10H,2-6H2,1H3. The highest BCUT2D eigenvalue weighted by atomic mass is 16.2. The van der Waals surface area contributed by atoms with Crippen molar-refractivity contribution in [3.63, 3.8) is 0 Å². The SMILES string of the molecule is CC1CC(=O)N(C2CCCN2)C1. The van der Waals surface area contributed by atoms with Crippen molar-refractivity contribution in [3.8, 4) is 0 Å². The van der Waals surface area contributed by atoms with Gasteiger partial charge >= 0.3 is 0 Å². The molecule has 3 nitrogen and oxygen atoms in total. The second-order valence-electron chi connectivity index (χ2n) is 3.97. The fourth-order valence-corrected chi connectivity index (χ4v) is 2.15. The third kappa shape index (κ3) is 1.33. The number of hydrogen-bond acceptors (Lipinski definition) is 2. The summed E-state index contributed by atoms with van der Waals surface area (Å²) in [5.74, 6) is 0.891. The third-order valence-corrected chi connectivity index (χ3v) is 2.76. The molecular formula is C9H16N2O. The predicted octanol–water partition coefficient (Wildman–Crippen LogP) is 0.564. The Balaban J connectivity index is 1.98. The van der Waals surface area contributed by atoms with Crippen molar-refractivity contribution in [3.05, 3.63) is 0 Å². The quantitative estimate of drug-likeness (QED) is 0.620. The zero-order chi connectivity index (χ0) is 8.55. The van der Waals surface area contributed by atoms with Crippen LogP contribution in [0.1, 0.15) is 26.2 Å². The van der Waals surface area contributed by atoms with Gasteiger partial charge in [0.15, 0.2) is 0 Å². The molecule has 0 aromatic heterocycles. The lowest BCUT2D eigenvalue weighted by molar-refractivity contribution is -0.129. The van der Waals surface area contributed by atoms with Crippen LogP contribution >= 0.6 is 0 Å². The summed E-state index contributed by atoms with van der Waals surface area (Å²) >= 11 is 0. The van der Waals surface area contributed by atoms with Crippen LogP contribution in [0.2, 0.25) is 0 Å². The lowest BCUT2D eigenvalue weighted by Gasteiger charge is -2.23.